The highest BCUT2D eigenvalue weighted by molar-refractivity contribution is 7.89. The first kappa shape index (κ1) is 17.7. The van der Waals surface area contributed by atoms with E-state index < -0.39 is 38.3 Å². The van der Waals surface area contributed by atoms with E-state index in [-0.39, 0.29) is 13.2 Å². The molecule has 0 N–H and O–H groups in total. The first-order valence-electron chi connectivity index (χ1n) is 6.84. The van der Waals surface area contributed by atoms with Crippen LogP contribution in [0, 0.1) is 11.3 Å². The van der Waals surface area contributed by atoms with Crippen molar-refractivity contribution in [3.8, 4) is 6.07 Å². The minimum Gasteiger partial charge on any atom is -0.383 e. The molecule has 0 saturated carbocycles. The van der Waals surface area contributed by atoms with Crippen LogP contribution in [0.15, 0.2) is 23.1 Å². The van der Waals surface area contributed by atoms with Gasteiger partial charge in [0.25, 0.3) is 0 Å². The molecule has 1 fully saturated rings. The molecule has 1 aromatic carbocycles. The first-order valence-corrected chi connectivity index (χ1v) is 8.28. The average molecular weight is 348 g/mol. The molecule has 5 nitrogen and oxygen atoms in total. The third kappa shape index (κ3) is 3.49. The summed E-state index contributed by atoms with van der Waals surface area (Å²) >= 11 is 0. The monoisotopic (exact) mass is 348 g/mol. The van der Waals surface area contributed by atoms with Crippen molar-refractivity contribution >= 4 is 10.0 Å². The fraction of sp³-hybridized carbons (Fsp3) is 0.500. The lowest BCUT2D eigenvalue weighted by molar-refractivity contribution is -0.137. The lowest BCUT2D eigenvalue weighted by Crippen LogP contribution is -2.38. The molecule has 0 radical (unpaired) electrons. The van der Waals surface area contributed by atoms with Gasteiger partial charge in [0.05, 0.1) is 28.7 Å². The largest absolute Gasteiger partial charge is 0.417 e. The zero-order valence-corrected chi connectivity index (χ0v) is 13.1. The van der Waals surface area contributed by atoms with Crippen LogP contribution in [0.1, 0.15) is 24.0 Å². The second kappa shape index (κ2) is 6.47. The highest BCUT2D eigenvalue weighted by Gasteiger charge is 2.38. The molecule has 0 aliphatic carbocycles. The molecule has 9 heteroatoms. The summed E-state index contributed by atoms with van der Waals surface area (Å²) in [5.41, 5.74) is -1.85. The maximum absolute atomic E-state index is 13.0. The number of halogens is 3. The van der Waals surface area contributed by atoms with Gasteiger partial charge in [0.15, 0.2) is 0 Å². The standard InChI is InChI=1S/C14H15F3N2O3S/c1-22-9-11-3-2-6-19(11)23(20,21)12-5-4-10(8-18)13(7-12)14(15,16)17/h4-5,7,11H,2-3,6,9H2,1H3/t11-/m1/s1. The number of alkyl halides is 3. The second-order valence-corrected chi connectivity index (χ2v) is 7.07. The number of hydrogen-bond acceptors (Lipinski definition) is 4. The minimum absolute atomic E-state index is 0.182. The molecule has 1 aliphatic rings. The Bertz CT molecular complexity index is 726. The van der Waals surface area contributed by atoms with Crippen LogP contribution in [-0.4, -0.2) is 39.0 Å². The number of ether oxygens (including phenoxy) is 1. The topological polar surface area (TPSA) is 70.4 Å². The molecule has 0 unspecified atom stereocenters. The van der Waals surface area contributed by atoms with Crippen LogP contribution < -0.4 is 0 Å². The molecule has 1 heterocycles. The van der Waals surface area contributed by atoms with Gasteiger partial charge in [0.2, 0.25) is 10.0 Å². The van der Waals surface area contributed by atoms with Crippen molar-refractivity contribution in [3.63, 3.8) is 0 Å². The minimum atomic E-state index is -4.80. The third-order valence-electron chi connectivity index (χ3n) is 3.71. The number of nitrogens with zero attached hydrogens (tertiary/aromatic N) is 2. The summed E-state index contributed by atoms with van der Waals surface area (Å²) in [6, 6.07) is 3.48. The highest BCUT2D eigenvalue weighted by atomic mass is 32.2. The summed E-state index contributed by atoms with van der Waals surface area (Å²) in [6.07, 6.45) is -3.58. The second-order valence-electron chi connectivity index (χ2n) is 5.18. The van der Waals surface area contributed by atoms with Gasteiger partial charge in [-0.2, -0.15) is 22.7 Å². The predicted octanol–water partition coefficient (Wildman–Crippen LogP) is 2.38. The van der Waals surface area contributed by atoms with Gasteiger partial charge in [-0.1, -0.05) is 0 Å². The van der Waals surface area contributed by atoms with Crippen LogP contribution in [0.2, 0.25) is 0 Å². The van der Waals surface area contributed by atoms with E-state index in [1.165, 1.54) is 13.2 Å². The van der Waals surface area contributed by atoms with Gasteiger partial charge in [0, 0.05) is 19.7 Å². The molecular weight excluding hydrogens is 333 g/mol. The Labute approximate surface area is 132 Å². The normalized spacial score (nSPS) is 19.7. The summed E-state index contributed by atoms with van der Waals surface area (Å²) in [5, 5.41) is 8.77. The van der Waals surface area contributed by atoms with E-state index in [1.807, 2.05) is 0 Å². The lowest BCUT2D eigenvalue weighted by atomic mass is 10.1. The van der Waals surface area contributed by atoms with E-state index in [9.17, 15) is 21.6 Å². The number of nitriles is 1. The van der Waals surface area contributed by atoms with Gasteiger partial charge in [-0.25, -0.2) is 8.42 Å². The van der Waals surface area contributed by atoms with Crippen LogP contribution in [0.3, 0.4) is 0 Å². The predicted molar refractivity (Wildman–Crippen MR) is 74.9 cm³/mol. The van der Waals surface area contributed by atoms with Crippen LogP contribution in [-0.2, 0) is 20.9 Å². The summed E-state index contributed by atoms with van der Waals surface area (Å²) in [5.74, 6) is 0. The van der Waals surface area contributed by atoms with Crippen molar-refractivity contribution in [1.29, 1.82) is 5.26 Å². The summed E-state index contributed by atoms with van der Waals surface area (Å²) < 4.78 is 70.4. The first-order chi connectivity index (χ1) is 10.7. The van der Waals surface area contributed by atoms with Crippen molar-refractivity contribution < 1.29 is 26.3 Å². The van der Waals surface area contributed by atoms with Crippen LogP contribution in [0.4, 0.5) is 13.2 Å². The molecule has 1 aliphatic heterocycles. The Balaban J connectivity index is 2.47. The maximum atomic E-state index is 13.0. The smallest absolute Gasteiger partial charge is 0.383 e. The van der Waals surface area contributed by atoms with E-state index in [2.05, 4.69) is 0 Å². The average Bonchev–Trinajstić information content (AvgIpc) is 2.95. The van der Waals surface area contributed by atoms with Crippen molar-refractivity contribution in [1.82, 2.24) is 4.31 Å². The SMILES string of the molecule is COC[C@H]1CCCN1S(=O)(=O)c1ccc(C#N)c(C(F)(F)F)c1. The molecule has 0 aromatic heterocycles. The van der Waals surface area contributed by atoms with E-state index >= 15 is 0 Å². The van der Waals surface area contributed by atoms with E-state index in [0.717, 1.165) is 16.4 Å². The molecule has 0 spiro atoms. The molecule has 1 atom stereocenters. The summed E-state index contributed by atoms with van der Waals surface area (Å²) in [7, 11) is -2.64. The Morgan fingerprint density at radius 2 is 2.13 bits per heavy atom. The molecule has 2 rings (SSSR count). The summed E-state index contributed by atoms with van der Waals surface area (Å²) in [6.45, 7) is 0.416. The number of benzene rings is 1. The van der Waals surface area contributed by atoms with Crippen molar-refractivity contribution in [2.75, 3.05) is 20.3 Å². The van der Waals surface area contributed by atoms with E-state index in [1.54, 1.807) is 0 Å². The van der Waals surface area contributed by atoms with Crippen molar-refractivity contribution in [2.24, 2.45) is 0 Å². The Hall–Kier alpha value is -1.63. The Kier molecular flexibility index (Phi) is 4.98. The molecule has 0 amide bonds. The zero-order valence-electron chi connectivity index (χ0n) is 12.3. The van der Waals surface area contributed by atoms with Gasteiger partial charge in [-0.15, -0.1) is 0 Å². The lowest BCUT2D eigenvalue weighted by Gasteiger charge is -2.24. The number of hydrogen-bond donors (Lipinski definition) is 0. The Morgan fingerprint density at radius 1 is 1.43 bits per heavy atom. The van der Waals surface area contributed by atoms with Gasteiger partial charge < -0.3 is 4.74 Å². The number of methoxy groups -OCH3 is 1. The number of sulfonamides is 1. The molecule has 126 valence electrons. The molecule has 1 aromatic rings. The number of rotatable bonds is 4. The van der Waals surface area contributed by atoms with E-state index in [0.29, 0.717) is 18.9 Å². The van der Waals surface area contributed by atoms with Crippen LogP contribution >= 0.6 is 0 Å². The Morgan fingerprint density at radius 3 is 2.70 bits per heavy atom. The van der Waals surface area contributed by atoms with Gasteiger partial charge >= 0.3 is 6.18 Å². The van der Waals surface area contributed by atoms with E-state index in [4.69, 9.17) is 10.00 Å². The highest BCUT2D eigenvalue weighted by Crippen LogP contribution is 2.35. The third-order valence-corrected chi connectivity index (χ3v) is 5.65. The molecule has 1 saturated heterocycles. The molecular formula is C14H15F3N2O3S. The van der Waals surface area contributed by atoms with Gasteiger partial charge in [-0.3, -0.25) is 0 Å². The fourth-order valence-corrected chi connectivity index (χ4v) is 4.34. The van der Waals surface area contributed by atoms with Crippen molar-refractivity contribution in [2.45, 2.75) is 30.0 Å². The fourth-order valence-electron chi connectivity index (χ4n) is 2.64. The van der Waals surface area contributed by atoms with Crippen molar-refractivity contribution in [3.05, 3.63) is 29.3 Å². The van der Waals surface area contributed by atoms with Gasteiger partial charge in [-0.05, 0) is 31.0 Å². The molecule has 23 heavy (non-hydrogen) atoms. The summed E-state index contributed by atoms with van der Waals surface area (Å²) in [4.78, 5) is -0.466. The zero-order chi connectivity index (χ0) is 17.3. The van der Waals surface area contributed by atoms with Crippen LogP contribution in [0.5, 0.6) is 0 Å². The van der Waals surface area contributed by atoms with Crippen LogP contribution in [0.25, 0.3) is 0 Å². The van der Waals surface area contributed by atoms with Gasteiger partial charge in [0.1, 0.15) is 0 Å². The molecule has 0 bridgehead atoms. The quantitative estimate of drug-likeness (QED) is 0.838. The maximum Gasteiger partial charge on any atom is 0.417 e.